The maximum absolute atomic E-state index is 14.0. The summed E-state index contributed by atoms with van der Waals surface area (Å²) in [5.41, 5.74) is 7.97. The van der Waals surface area contributed by atoms with Crippen LogP contribution >= 0.6 is 0 Å². The Morgan fingerprint density at radius 3 is 2.40 bits per heavy atom. The minimum Gasteiger partial charge on any atom is -0.371 e. The fraction of sp³-hybridized carbons (Fsp3) is 0.647. The van der Waals surface area contributed by atoms with Gasteiger partial charge < -0.3 is 10.6 Å². The molecule has 0 atom stereocenters. The van der Waals surface area contributed by atoms with Crippen LogP contribution in [0, 0.1) is 11.2 Å². The highest BCUT2D eigenvalue weighted by Crippen LogP contribution is 2.39. The molecule has 1 fully saturated rings. The quantitative estimate of drug-likeness (QED) is 0.889. The number of nitrogens with two attached hydrogens (primary N) is 1. The summed E-state index contributed by atoms with van der Waals surface area (Å²) in [6, 6.07) is 5.39. The first-order chi connectivity index (χ1) is 9.65. The summed E-state index contributed by atoms with van der Waals surface area (Å²) in [4.78, 5) is 2.34. The van der Waals surface area contributed by atoms with Crippen molar-refractivity contribution >= 4 is 5.69 Å². The summed E-state index contributed by atoms with van der Waals surface area (Å²) < 4.78 is 14.0. The van der Waals surface area contributed by atoms with Crippen LogP contribution in [0.3, 0.4) is 0 Å². The molecule has 1 saturated heterocycles. The standard InChI is InChI=1S/C17H27FN2/c1-3-17(4-2)9-12-20(13-10-17)16-7-5-6-15(18)14(16)8-11-19/h5-7H,3-4,8-13,19H2,1-2H3. The summed E-state index contributed by atoms with van der Waals surface area (Å²) in [6.45, 7) is 7.14. The van der Waals surface area contributed by atoms with Crippen LogP contribution in [0.5, 0.6) is 0 Å². The van der Waals surface area contributed by atoms with Crippen molar-refractivity contribution in [3.05, 3.63) is 29.6 Å². The topological polar surface area (TPSA) is 29.3 Å². The molecule has 20 heavy (non-hydrogen) atoms. The van der Waals surface area contributed by atoms with E-state index in [0.717, 1.165) is 24.3 Å². The van der Waals surface area contributed by atoms with Crippen LogP contribution in [0.4, 0.5) is 10.1 Å². The maximum Gasteiger partial charge on any atom is 0.128 e. The van der Waals surface area contributed by atoms with Crippen molar-refractivity contribution in [1.82, 2.24) is 0 Å². The molecule has 2 rings (SSSR count). The molecule has 0 radical (unpaired) electrons. The molecule has 1 aliphatic rings. The van der Waals surface area contributed by atoms with Gasteiger partial charge in [0, 0.05) is 24.3 Å². The Morgan fingerprint density at radius 1 is 1.20 bits per heavy atom. The van der Waals surface area contributed by atoms with Crippen LogP contribution in [-0.4, -0.2) is 19.6 Å². The van der Waals surface area contributed by atoms with E-state index < -0.39 is 0 Å². The SMILES string of the molecule is CCC1(CC)CCN(c2cccc(F)c2CCN)CC1. The van der Waals surface area contributed by atoms with Crippen LogP contribution in [0.15, 0.2) is 18.2 Å². The van der Waals surface area contributed by atoms with Gasteiger partial charge in [-0.1, -0.05) is 32.8 Å². The lowest BCUT2D eigenvalue weighted by molar-refractivity contribution is 0.199. The zero-order chi connectivity index (χ0) is 14.6. The van der Waals surface area contributed by atoms with Crippen LogP contribution in [0.2, 0.25) is 0 Å². The predicted octanol–water partition coefficient (Wildman–Crippen LogP) is 3.73. The number of anilines is 1. The van der Waals surface area contributed by atoms with Gasteiger partial charge in [0.25, 0.3) is 0 Å². The van der Waals surface area contributed by atoms with Crippen LogP contribution in [0.25, 0.3) is 0 Å². The van der Waals surface area contributed by atoms with Gasteiger partial charge in [-0.15, -0.1) is 0 Å². The van der Waals surface area contributed by atoms with Gasteiger partial charge in [0.2, 0.25) is 0 Å². The molecule has 0 unspecified atom stereocenters. The van der Waals surface area contributed by atoms with E-state index in [1.807, 2.05) is 12.1 Å². The molecule has 0 aromatic heterocycles. The summed E-state index contributed by atoms with van der Waals surface area (Å²) in [6.07, 6.45) is 5.52. The Hall–Kier alpha value is -1.09. The van der Waals surface area contributed by atoms with Gasteiger partial charge in [-0.2, -0.15) is 0 Å². The van der Waals surface area contributed by atoms with Crippen molar-refractivity contribution in [2.45, 2.75) is 46.0 Å². The average molecular weight is 278 g/mol. The molecule has 1 aromatic rings. The Balaban J connectivity index is 2.16. The van der Waals surface area contributed by atoms with Crippen molar-refractivity contribution in [2.75, 3.05) is 24.5 Å². The van der Waals surface area contributed by atoms with Gasteiger partial charge in [0.1, 0.15) is 5.82 Å². The second-order valence-corrected chi connectivity index (χ2v) is 5.97. The molecule has 2 N–H and O–H groups in total. The minimum atomic E-state index is -0.115. The number of benzene rings is 1. The van der Waals surface area contributed by atoms with Crippen molar-refractivity contribution in [3.8, 4) is 0 Å². The van der Waals surface area contributed by atoms with E-state index in [-0.39, 0.29) is 5.82 Å². The monoisotopic (exact) mass is 278 g/mol. The molecule has 0 spiro atoms. The number of rotatable bonds is 5. The molecule has 112 valence electrons. The molecule has 0 aliphatic carbocycles. The second-order valence-electron chi connectivity index (χ2n) is 5.97. The van der Waals surface area contributed by atoms with E-state index in [4.69, 9.17) is 5.73 Å². The predicted molar refractivity (Wildman–Crippen MR) is 83.6 cm³/mol. The lowest BCUT2D eigenvalue weighted by atomic mass is 9.74. The fourth-order valence-electron chi connectivity index (χ4n) is 3.41. The maximum atomic E-state index is 14.0. The van der Waals surface area contributed by atoms with E-state index in [1.54, 1.807) is 6.07 Å². The van der Waals surface area contributed by atoms with Crippen LogP contribution in [-0.2, 0) is 6.42 Å². The molecule has 2 nitrogen and oxygen atoms in total. The molecule has 1 aromatic carbocycles. The number of hydrogen-bond acceptors (Lipinski definition) is 2. The normalized spacial score (nSPS) is 18.3. The smallest absolute Gasteiger partial charge is 0.128 e. The van der Waals surface area contributed by atoms with E-state index in [9.17, 15) is 4.39 Å². The summed E-state index contributed by atoms with van der Waals surface area (Å²) in [7, 11) is 0. The molecule has 1 aliphatic heterocycles. The van der Waals surface area contributed by atoms with Crippen molar-refractivity contribution in [1.29, 1.82) is 0 Å². The van der Waals surface area contributed by atoms with Gasteiger partial charge in [-0.3, -0.25) is 0 Å². The van der Waals surface area contributed by atoms with Gasteiger partial charge in [-0.05, 0) is 43.4 Å². The van der Waals surface area contributed by atoms with Gasteiger partial charge in [0.05, 0.1) is 0 Å². The summed E-state index contributed by atoms with van der Waals surface area (Å²) in [5, 5.41) is 0. The first-order valence-electron chi connectivity index (χ1n) is 7.88. The number of piperidine rings is 1. The third kappa shape index (κ3) is 2.98. The molecular weight excluding hydrogens is 251 g/mol. The lowest BCUT2D eigenvalue weighted by Crippen LogP contribution is -2.40. The van der Waals surface area contributed by atoms with Crippen molar-refractivity contribution in [3.63, 3.8) is 0 Å². The minimum absolute atomic E-state index is 0.115. The highest BCUT2D eigenvalue weighted by molar-refractivity contribution is 5.54. The second kappa shape index (κ2) is 6.57. The number of nitrogens with zero attached hydrogens (tertiary/aromatic N) is 1. The van der Waals surface area contributed by atoms with E-state index in [0.29, 0.717) is 18.4 Å². The third-order valence-corrected chi connectivity index (χ3v) is 5.15. The van der Waals surface area contributed by atoms with E-state index in [2.05, 4.69) is 18.7 Å². The van der Waals surface area contributed by atoms with Crippen molar-refractivity contribution < 1.29 is 4.39 Å². The van der Waals surface area contributed by atoms with Gasteiger partial charge >= 0.3 is 0 Å². The zero-order valence-corrected chi connectivity index (χ0v) is 12.8. The van der Waals surface area contributed by atoms with Crippen LogP contribution in [0.1, 0.15) is 45.1 Å². The fourth-order valence-corrected chi connectivity index (χ4v) is 3.41. The molecule has 0 amide bonds. The molecule has 1 heterocycles. The van der Waals surface area contributed by atoms with Crippen LogP contribution < -0.4 is 10.6 Å². The molecule has 3 heteroatoms. The Morgan fingerprint density at radius 2 is 1.85 bits per heavy atom. The Labute approximate surface area is 122 Å². The Kier molecular flexibility index (Phi) is 5.03. The average Bonchev–Trinajstić information content (AvgIpc) is 2.50. The number of hydrogen-bond donors (Lipinski definition) is 1. The first kappa shape index (κ1) is 15.3. The molecular formula is C17H27FN2. The highest BCUT2D eigenvalue weighted by atomic mass is 19.1. The van der Waals surface area contributed by atoms with Gasteiger partial charge in [0.15, 0.2) is 0 Å². The lowest BCUT2D eigenvalue weighted by Gasteiger charge is -2.42. The van der Waals surface area contributed by atoms with E-state index >= 15 is 0 Å². The van der Waals surface area contributed by atoms with Crippen molar-refractivity contribution in [2.24, 2.45) is 11.1 Å². The largest absolute Gasteiger partial charge is 0.371 e. The molecule has 0 bridgehead atoms. The third-order valence-electron chi connectivity index (χ3n) is 5.15. The first-order valence-corrected chi connectivity index (χ1v) is 7.88. The zero-order valence-electron chi connectivity index (χ0n) is 12.8. The Bertz CT molecular complexity index is 431. The van der Waals surface area contributed by atoms with Gasteiger partial charge in [-0.25, -0.2) is 4.39 Å². The summed E-state index contributed by atoms with van der Waals surface area (Å²) >= 11 is 0. The summed E-state index contributed by atoms with van der Waals surface area (Å²) in [5.74, 6) is -0.115. The van der Waals surface area contributed by atoms with E-state index in [1.165, 1.54) is 25.7 Å². The number of halogens is 1. The highest BCUT2D eigenvalue weighted by Gasteiger charge is 2.31. The molecule has 0 saturated carbocycles.